The largest absolute Gasteiger partial charge is 0.467 e. The number of amides is 2. The lowest BCUT2D eigenvalue weighted by Gasteiger charge is -2.17. The van der Waals surface area contributed by atoms with Gasteiger partial charge in [-0.2, -0.15) is 0 Å². The van der Waals surface area contributed by atoms with E-state index in [2.05, 4.69) is 5.32 Å². The Labute approximate surface area is 174 Å². The summed E-state index contributed by atoms with van der Waals surface area (Å²) >= 11 is 0. The number of carbonyl (C=O) groups is 2. The van der Waals surface area contributed by atoms with Crippen LogP contribution in [-0.2, 0) is 21.4 Å². The Bertz CT molecular complexity index is 1160. The van der Waals surface area contributed by atoms with Gasteiger partial charge < -0.3 is 9.73 Å². The number of carbonyl (C=O) groups excluding carboxylic acids is 2. The summed E-state index contributed by atoms with van der Waals surface area (Å²) in [7, 11) is -4.06. The number of benzene rings is 2. The molecule has 154 valence electrons. The van der Waals surface area contributed by atoms with E-state index in [1.54, 1.807) is 12.1 Å². The van der Waals surface area contributed by atoms with Crippen LogP contribution in [0.1, 0.15) is 34.0 Å². The van der Waals surface area contributed by atoms with Gasteiger partial charge in [0.25, 0.3) is 15.9 Å². The van der Waals surface area contributed by atoms with Crippen LogP contribution in [0.5, 0.6) is 0 Å². The van der Waals surface area contributed by atoms with Gasteiger partial charge >= 0.3 is 0 Å². The molecule has 8 heteroatoms. The molecular weight excluding hydrogens is 404 g/mol. The molecule has 0 saturated carbocycles. The molecule has 1 saturated heterocycles. The van der Waals surface area contributed by atoms with E-state index in [0.717, 1.165) is 9.87 Å². The quantitative estimate of drug-likeness (QED) is 0.656. The number of nitrogens with one attached hydrogen (secondary N) is 1. The first-order chi connectivity index (χ1) is 14.4. The molecule has 4 rings (SSSR count). The molecule has 0 unspecified atom stereocenters. The number of hydrogen-bond acceptors (Lipinski definition) is 5. The molecule has 2 amide bonds. The first kappa shape index (κ1) is 19.9. The predicted molar refractivity (Wildman–Crippen MR) is 109 cm³/mol. The summed E-state index contributed by atoms with van der Waals surface area (Å²) < 4.78 is 32.3. The lowest BCUT2D eigenvalue weighted by molar-refractivity contribution is -0.123. The van der Waals surface area contributed by atoms with Crippen molar-refractivity contribution in [1.82, 2.24) is 9.62 Å². The summed E-state index contributed by atoms with van der Waals surface area (Å²) in [6.45, 7) is 0.270. The lowest BCUT2D eigenvalue weighted by Crippen LogP contribution is -2.32. The third-order valence-electron chi connectivity index (χ3n) is 5.04. The average Bonchev–Trinajstić information content (AvgIpc) is 3.42. The van der Waals surface area contributed by atoms with E-state index in [0.29, 0.717) is 5.76 Å². The molecule has 0 aliphatic carbocycles. The molecule has 30 heavy (non-hydrogen) atoms. The molecule has 2 aromatic carbocycles. The topological polar surface area (TPSA) is 96.7 Å². The second-order valence-corrected chi connectivity index (χ2v) is 8.89. The highest BCUT2D eigenvalue weighted by Crippen LogP contribution is 2.32. The Hall–Kier alpha value is -3.39. The van der Waals surface area contributed by atoms with Gasteiger partial charge in [0.15, 0.2) is 0 Å². The van der Waals surface area contributed by atoms with E-state index in [1.807, 2.05) is 30.3 Å². The summed E-state index contributed by atoms with van der Waals surface area (Å²) in [5.41, 5.74) is 1.11. The molecule has 7 nitrogen and oxygen atoms in total. The maximum atomic E-state index is 13.1. The zero-order chi connectivity index (χ0) is 21.1. The molecular formula is C22H20N2O5S. The van der Waals surface area contributed by atoms with Crippen molar-refractivity contribution >= 4 is 21.8 Å². The van der Waals surface area contributed by atoms with Gasteiger partial charge in [0.1, 0.15) is 5.76 Å². The summed E-state index contributed by atoms with van der Waals surface area (Å²) in [5, 5.41) is 2.68. The minimum atomic E-state index is -4.06. The van der Waals surface area contributed by atoms with E-state index in [9.17, 15) is 18.0 Å². The lowest BCUT2D eigenvalue weighted by atomic mass is 9.99. The van der Waals surface area contributed by atoms with Crippen LogP contribution < -0.4 is 5.32 Å². The fourth-order valence-corrected chi connectivity index (χ4v) is 4.97. The van der Waals surface area contributed by atoms with E-state index in [-0.39, 0.29) is 35.9 Å². The third-order valence-corrected chi connectivity index (χ3v) is 6.83. The molecule has 2 heterocycles. The average molecular weight is 424 g/mol. The zero-order valence-corrected chi connectivity index (χ0v) is 16.8. The number of furan rings is 1. The van der Waals surface area contributed by atoms with Gasteiger partial charge in [0.2, 0.25) is 5.91 Å². The van der Waals surface area contributed by atoms with E-state index in [1.165, 1.54) is 30.5 Å². The zero-order valence-electron chi connectivity index (χ0n) is 16.0. The molecule has 1 aromatic heterocycles. The van der Waals surface area contributed by atoms with Crippen molar-refractivity contribution in [2.75, 3.05) is 6.54 Å². The van der Waals surface area contributed by atoms with Crippen molar-refractivity contribution in [3.05, 3.63) is 89.9 Å². The van der Waals surface area contributed by atoms with Gasteiger partial charge in [-0.25, -0.2) is 12.7 Å². The SMILES string of the molecule is O=C(NCc1ccco1)c1cccc(S(=O)(=O)N2C[C@H](c3ccccc3)CC2=O)c1. The van der Waals surface area contributed by atoms with Gasteiger partial charge in [0, 0.05) is 24.4 Å². The van der Waals surface area contributed by atoms with Gasteiger partial charge in [0.05, 0.1) is 17.7 Å². The molecule has 3 aromatic rings. The van der Waals surface area contributed by atoms with Crippen molar-refractivity contribution in [2.24, 2.45) is 0 Å². The van der Waals surface area contributed by atoms with Gasteiger partial charge in [-0.3, -0.25) is 9.59 Å². The second-order valence-electron chi connectivity index (χ2n) is 7.03. The summed E-state index contributed by atoms with van der Waals surface area (Å²) in [4.78, 5) is 24.8. The smallest absolute Gasteiger partial charge is 0.266 e. The monoisotopic (exact) mass is 424 g/mol. The molecule has 0 bridgehead atoms. The fourth-order valence-electron chi connectivity index (χ4n) is 3.47. The Balaban J connectivity index is 1.52. The summed E-state index contributed by atoms with van der Waals surface area (Å²) in [5.74, 6) is -0.482. The van der Waals surface area contributed by atoms with Crippen LogP contribution in [0, 0.1) is 0 Å². The minimum absolute atomic E-state index is 0.0834. The highest BCUT2D eigenvalue weighted by Gasteiger charge is 2.39. The van der Waals surface area contributed by atoms with Crippen LogP contribution in [0.4, 0.5) is 0 Å². The van der Waals surface area contributed by atoms with Crippen LogP contribution in [-0.4, -0.2) is 31.1 Å². The first-order valence-corrected chi connectivity index (χ1v) is 10.9. The van der Waals surface area contributed by atoms with Crippen LogP contribution in [0.15, 0.2) is 82.3 Å². The molecule has 0 spiro atoms. The number of rotatable bonds is 6. The van der Waals surface area contributed by atoms with Gasteiger partial charge in [-0.1, -0.05) is 36.4 Å². The Kier molecular flexibility index (Phi) is 5.41. The second kappa shape index (κ2) is 8.16. The van der Waals surface area contributed by atoms with Crippen molar-refractivity contribution in [3.63, 3.8) is 0 Å². The van der Waals surface area contributed by atoms with E-state index >= 15 is 0 Å². The predicted octanol–water partition coefficient (Wildman–Crippen LogP) is 2.91. The van der Waals surface area contributed by atoms with Gasteiger partial charge in [-0.15, -0.1) is 0 Å². The van der Waals surface area contributed by atoms with Crippen LogP contribution in [0.2, 0.25) is 0 Å². The van der Waals surface area contributed by atoms with Crippen molar-refractivity contribution in [3.8, 4) is 0 Å². The van der Waals surface area contributed by atoms with Crippen LogP contribution in [0.3, 0.4) is 0 Å². The third kappa shape index (κ3) is 3.99. The molecule has 1 atom stereocenters. The Morgan fingerprint density at radius 1 is 1.07 bits per heavy atom. The van der Waals surface area contributed by atoms with E-state index < -0.39 is 21.8 Å². The molecule has 1 N–H and O–H groups in total. The van der Waals surface area contributed by atoms with Crippen molar-refractivity contribution < 1.29 is 22.4 Å². The highest BCUT2D eigenvalue weighted by molar-refractivity contribution is 7.89. The maximum Gasteiger partial charge on any atom is 0.266 e. The highest BCUT2D eigenvalue weighted by atomic mass is 32.2. The van der Waals surface area contributed by atoms with Crippen molar-refractivity contribution in [1.29, 1.82) is 0 Å². The first-order valence-electron chi connectivity index (χ1n) is 9.46. The summed E-state index contributed by atoms with van der Waals surface area (Å²) in [6.07, 6.45) is 1.64. The van der Waals surface area contributed by atoms with Gasteiger partial charge in [-0.05, 0) is 35.9 Å². The number of sulfonamides is 1. The standard InChI is InChI=1S/C22H20N2O5S/c25-21-13-18(16-6-2-1-3-7-16)15-24(21)30(27,28)20-10-4-8-17(12-20)22(26)23-14-19-9-5-11-29-19/h1-12,18H,13-15H2,(H,23,26)/t18-/m1/s1. The number of hydrogen-bond donors (Lipinski definition) is 1. The Morgan fingerprint density at radius 3 is 2.60 bits per heavy atom. The van der Waals surface area contributed by atoms with E-state index in [4.69, 9.17) is 4.42 Å². The molecule has 1 aliphatic heterocycles. The number of nitrogens with zero attached hydrogens (tertiary/aromatic N) is 1. The van der Waals surface area contributed by atoms with Crippen LogP contribution >= 0.6 is 0 Å². The summed E-state index contributed by atoms with van der Waals surface area (Å²) in [6, 6.07) is 18.5. The minimum Gasteiger partial charge on any atom is -0.467 e. The van der Waals surface area contributed by atoms with Crippen molar-refractivity contribution in [2.45, 2.75) is 23.8 Å². The normalized spacial score (nSPS) is 16.6. The van der Waals surface area contributed by atoms with Crippen LogP contribution in [0.25, 0.3) is 0 Å². The molecule has 0 radical (unpaired) electrons. The molecule has 1 aliphatic rings. The fraction of sp³-hybridized carbons (Fsp3) is 0.182. The maximum absolute atomic E-state index is 13.1. The molecule has 1 fully saturated rings. The Morgan fingerprint density at radius 2 is 1.87 bits per heavy atom.